The van der Waals surface area contributed by atoms with Gasteiger partial charge in [0.25, 0.3) is 5.91 Å². The molecule has 0 saturated heterocycles. The molecule has 0 spiro atoms. The summed E-state index contributed by atoms with van der Waals surface area (Å²) >= 11 is 5.87. The number of sulfonamides is 1. The van der Waals surface area contributed by atoms with Crippen LogP contribution in [0, 0.1) is 0 Å². The molecule has 0 atom stereocenters. The fourth-order valence-electron chi connectivity index (χ4n) is 2.99. The molecular weight excluding hydrogens is 450 g/mol. The Labute approximate surface area is 192 Å². The van der Waals surface area contributed by atoms with Gasteiger partial charge in [0.05, 0.1) is 23.2 Å². The van der Waals surface area contributed by atoms with E-state index in [-0.39, 0.29) is 17.2 Å². The SMILES string of the molecule is CS(=O)(=O)N(CC(=O)Nc1ccccc1C(=O)NCc1ccccc1)c1ccc(Cl)cc1. The number of rotatable bonds is 8. The van der Waals surface area contributed by atoms with E-state index in [4.69, 9.17) is 11.6 Å². The summed E-state index contributed by atoms with van der Waals surface area (Å²) in [4.78, 5) is 25.4. The van der Waals surface area contributed by atoms with E-state index < -0.39 is 22.5 Å². The fourth-order valence-corrected chi connectivity index (χ4v) is 3.97. The molecule has 0 aliphatic heterocycles. The summed E-state index contributed by atoms with van der Waals surface area (Å²) < 4.78 is 25.5. The van der Waals surface area contributed by atoms with Crippen molar-refractivity contribution in [3.05, 3.63) is 95.0 Å². The number of halogens is 1. The number of para-hydroxylation sites is 1. The summed E-state index contributed by atoms with van der Waals surface area (Å²) in [5.74, 6) is -0.948. The van der Waals surface area contributed by atoms with Crippen LogP contribution in [0.3, 0.4) is 0 Å². The summed E-state index contributed by atoms with van der Waals surface area (Å²) in [5, 5.41) is 5.90. The first-order chi connectivity index (χ1) is 15.2. The maximum Gasteiger partial charge on any atom is 0.253 e. The Morgan fingerprint density at radius 3 is 2.19 bits per heavy atom. The molecule has 0 aromatic heterocycles. The van der Waals surface area contributed by atoms with Gasteiger partial charge in [0.15, 0.2) is 0 Å². The second kappa shape index (κ2) is 10.3. The summed E-state index contributed by atoms with van der Waals surface area (Å²) in [6.07, 6.45) is 1.01. The molecule has 0 unspecified atom stereocenters. The Hall–Kier alpha value is -3.36. The molecule has 0 radical (unpaired) electrons. The van der Waals surface area contributed by atoms with E-state index in [1.807, 2.05) is 30.3 Å². The molecule has 2 amide bonds. The van der Waals surface area contributed by atoms with Crippen molar-refractivity contribution >= 4 is 44.8 Å². The van der Waals surface area contributed by atoms with Crippen molar-refractivity contribution in [2.45, 2.75) is 6.54 Å². The van der Waals surface area contributed by atoms with Crippen molar-refractivity contribution in [1.82, 2.24) is 5.32 Å². The van der Waals surface area contributed by atoms with Crippen molar-refractivity contribution < 1.29 is 18.0 Å². The van der Waals surface area contributed by atoms with Gasteiger partial charge in [-0.25, -0.2) is 8.42 Å². The van der Waals surface area contributed by atoms with Gasteiger partial charge in [-0.15, -0.1) is 0 Å². The molecule has 3 aromatic rings. The van der Waals surface area contributed by atoms with Gasteiger partial charge in [-0.2, -0.15) is 0 Å². The quantitative estimate of drug-likeness (QED) is 0.524. The van der Waals surface area contributed by atoms with Crippen LogP contribution in [0.5, 0.6) is 0 Å². The van der Waals surface area contributed by atoms with Crippen molar-refractivity contribution in [2.75, 3.05) is 22.4 Å². The second-order valence-electron chi connectivity index (χ2n) is 7.01. The highest BCUT2D eigenvalue weighted by molar-refractivity contribution is 7.92. The van der Waals surface area contributed by atoms with Crippen molar-refractivity contribution in [1.29, 1.82) is 0 Å². The number of benzene rings is 3. The first kappa shape index (κ1) is 23.3. The number of nitrogens with zero attached hydrogens (tertiary/aromatic N) is 1. The van der Waals surface area contributed by atoms with E-state index >= 15 is 0 Å². The van der Waals surface area contributed by atoms with Gasteiger partial charge >= 0.3 is 0 Å². The Bertz CT molecular complexity index is 1200. The van der Waals surface area contributed by atoms with Gasteiger partial charge in [-0.05, 0) is 42.0 Å². The highest BCUT2D eigenvalue weighted by atomic mass is 35.5. The summed E-state index contributed by atoms with van der Waals surface area (Å²) in [7, 11) is -3.73. The fraction of sp³-hybridized carbons (Fsp3) is 0.130. The lowest BCUT2D eigenvalue weighted by atomic mass is 10.1. The molecule has 0 saturated carbocycles. The van der Waals surface area contributed by atoms with Crippen LogP contribution in [0.1, 0.15) is 15.9 Å². The standard InChI is InChI=1S/C23H22ClN3O4S/c1-32(30,31)27(19-13-11-18(24)12-14-19)16-22(28)26-21-10-6-5-9-20(21)23(29)25-15-17-7-3-2-4-8-17/h2-14H,15-16H2,1H3,(H,25,29)(H,26,28). The van der Waals surface area contributed by atoms with E-state index in [0.717, 1.165) is 16.1 Å². The van der Waals surface area contributed by atoms with Gasteiger partial charge in [0.1, 0.15) is 6.54 Å². The maximum atomic E-state index is 12.7. The third kappa shape index (κ3) is 6.32. The van der Waals surface area contributed by atoms with Gasteiger partial charge in [-0.3, -0.25) is 13.9 Å². The molecule has 166 valence electrons. The first-order valence-corrected chi connectivity index (χ1v) is 11.9. The average Bonchev–Trinajstić information content (AvgIpc) is 2.77. The van der Waals surface area contributed by atoms with Crippen molar-refractivity contribution in [2.24, 2.45) is 0 Å². The first-order valence-electron chi connectivity index (χ1n) is 9.68. The summed E-state index contributed by atoms with van der Waals surface area (Å²) in [6, 6.07) is 22.1. The number of hydrogen-bond acceptors (Lipinski definition) is 4. The molecule has 0 heterocycles. The Balaban J connectivity index is 1.73. The van der Waals surface area contributed by atoms with Gasteiger partial charge in [0, 0.05) is 11.6 Å². The molecule has 32 heavy (non-hydrogen) atoms. The normalized spacial score (nSPS) is 10.9. The summed E-state index contributed by atoms with van der Waals surface area (Å²) in [5.41, 5.74) is 1.80. The minimum atomic E-state index is -3.73. The highest BCUT2D eigenvalue weighted by Gasteiger charge is 2.22. The Morgan fingerprint density at radius 1 is 0.906 bits per heavy atom. The van der Waals surface area contributed by atoms with Crippen LogP contribution in [-0.4, -0.2) is 33.0 Å². The molecule has 0 aliphatic rings. The van der Waals surface area contributed by atoms with E-state index in [1.54, 1.807) is 36.4 Å². The lowest BCUT2D eigenvalue weighted by Crippen LogP contribution is -2.37. The molecule has 9 heteroatoms. The van der Waals surface area contributed by atoms with Crippen LogP contribution in [0.15, 0.2) is 78.9 Å². The lowest BCUT2D eigenvalue weighted by Gasteiger charge is -2.22. The van der Waals surface area contributed by atoms with Crippen LogP contribution in [0.4, 0.5) is 11.4 Å². The topological polar surface area (TPSA) is 95.6 Å². The highest BCUT2D eigenvalue weighted by Crippen LogP contribution is 2.21. The van der Waals surface area contributed by atoms with E-state index in [2.05, 4.69) is 10.6 Å². The number of hydrogen-bond donors (Lipinski definition) is 2. The molecule has 3 rings (SSSR count). The number of anilines is 2. The lowest BCUT2D eigenvalue weighted by molar-refractivity contribution is -0.114. The zero-order chi connectivity index (χ0) is 23.1. The predicted molar refractivity (Wildman–Crippen MR) is 126 cm³/mol. The van der Waals surface area contributed by atoms with Gasteiger partial charge in [0.2, 0.25) is 15.9 Å². The maximum absolute atomic E-state index is 12.7. The third-order valence-corrected chi connectivity index (χ3v) is 5.94. The molecular formula is C23H22ClN3O4S. The van der Waals surface area contributed by atoms with Gasteiger partial charge < -0.3 is 10.6 Å². The number of carbonyl (C=O) groups is 2. The van der Waals surface area contributed by atoms with Crippen LogP contribution in [0.2, 0.25) is 5.02 Å². The summed E-state index contributed by atoms with van der Waals surface area (Å²) in [6.45, 7) is -0.124. The molecule has 0 fully saturated rings. The van der Waals surface area contributed by atoms with Crippen LogP contribution < -0.4 is 14.9 Å². The van der Waals surface area contributed by atoms with Gasteiger partial charge in [-0.1, -0.05) is 54.1 Å². The molecule has 3 aromatic carbocycles. The molecule has 0 aliphatic carbocycles. The van der Waals surface area contributed by atoms with Crippen LogP contribution in [0.25, 0.3) is 0 Å². The zero-order valence-electron chi connectivity index (χ0n) is 17.3. The zero-order valence-corrected chi connectivity index (χ0v) is 18.9. The Morgan fingerprint density at radius 2 is 1.53 bits per heavy atom. The average molecular weight is 472 g/mol. The molecule has 2 N–H and O–H groups in total. The van der Waals surface area contributed by atoms with Crippen LogP contribution >= 0.6 is 11.6 Å². The monoisotopic (exact) mass is 471 g/mol. The predicted octanol–water partition coefficient (Wildman–Crippen LogP) is 3.67. The molecule has 7 nitrogen and oxygen atoms in total. The second-order valence-corrected chi connectivity index (χ2v) is 9.35. The number of carbonyl (C=O) groups excluding carboxylic acids is 2. The largest absolute Gasteiger partial charge is 0.348 e. The van der Waals surface area contributed by atoms with Crippen molar-refractivity contribution in [3.63, 3.8) is 0 Å². The molecule has 0 bridgehead atoms. The van der Waals surface area contributed by atoms with Crippen molar-refractivity contribution in [3.8, 4) is 0 Å². The van der Waals surface area contributed by atoms with E-state index in [9.17, 15) is 18.0 Å². The minimum Gasteiger partial charge on any atom is -0.348 e. The van der Waals surface area contributed by atoms with E-state index in [1.165, 1.54) is 12.1 Å². The number of amides is 2. The number of nitrogens with one attached hydrogen (secondary N) is 2. The smallest absolute Gasteiger partial charge is 0.253 e. The van der Waals surface area contributed by atoms with E-state index in [0.29, 0.717) is 17.3 Å². The third-order valence-electron chi connectivity index (χ3n) is 4.54. The van der Waals surface area contributed by atoms with Crippen LogP contribution in [-0.2, 0) is 21.4 Å². The Kier molecular flexibility index (Phi) is 7.50. The minimum absolute atomic E-state index is 0.272.